The van der Waals surface area contributed by atoms with Crippen LogP contribution >= 0.6 is 0 Å². The number of aliphatic hydroxyl groups is 1. The van der Waals surface area contributed by atoms with Crippen LogP contribution in [-0.2, 0) is 10.4 Å². The van der Waals surface area contributed by atoms with E-state index in [0.717, 1.165) is 0 Å². The summed E-state index contributed by atoms with van der Waals surface area (Å²) in [5.41, 5.74) is -1.06. The highest BCUT2D eigenvalue weighted by atomic mass is 16.5. The second kappa shape index (κ2) is 5.05. The molecule has 1 atom stereocenters. The summed E-state index contributed by atoms with van der Waals surface area (Å²) < 4.78 is 10.2. The van der Waals surface area contributed by atoms with Crippen molar-refractivity contribution in [3.05, 3.63) is 23.8 Å². The van der Waals surface area contributed by atoms with E-state index in [1.165, 1.54) is 21.1 Å². The SMILES string of the molecule is COc1ccc(C(C)(O)CC(=O)O)c(OC)c1. The maximum absolute atomic E-state index is 10.7. The van der Waals surface area contributed by atoms with E-state index in [1.807, 2.05) is 0 Å². The lowest BCUT2D eigenvalue weighted by atomic mass is 9.91. The Morgan fingerprint density at radius 2 is 2.00 bits per heavy atom. The van der Waals surface area contributed by atoms with Crippen LogP contribution in [0.4, 0.5) is 0 Å². The van der Waals surface area contributed by atoms with Crippen LogP contribution in [0.2, 0.25) is 0 Å². The fourth-order valence-electron chi connectivity index (χ4n) is 1.63. The average molecular weight is 240 g/mol. The molecule has 0 amide bonds. The fraction of sp³-hybridized carbons (Fsp3) is 0.417. The summed E-state index contributed by atoms with van der Waals surface area (Å²) in [6, 6.07) is 4.85. The molecule has 0 heterocycles. The van der Waals surface area contributed by atoms with Gasteiger partial charge in [-0.25, -0.2) is 0 Å². The second-order valence-corrected chi connectivity index (χ2v) is 3.91. The molecule has 5 nitrogen and oxygen atoms in total. The maximum Gasteiger partial charge on any atom is 0.306 e. The van der Waals surface area contributed by atoms with Crippen molar-refractivity contribution in [2.45, 2.75) is 18.9 Å². The Hall–Kier alpha value is -1.75. The summed E-state index contributed by atoms with van der Waals surface area (Å²) in [6.07, 6.45) is -0.393. The monoisotopic (exact) mass is 240 g/mol. The van der Waals surface area contributed by atoms with Crippen LogP contribution < -0.4 is 9.47 Å². The summed E-state index contributed by atoms with van der Waals surface area (Å²) in [5, 5.41) is 18.9. The van der Waals surface area contributed by atoms with Gasteiger partial charge in [0.2, 0.25) is 0 Å². The van der Waals surface area contributed by atoms with Gasteiger partial charge in [0.05, 0.1) is 20.6 Å². The highest BCUT2D eigenvalue weighted by Crippen LogP contribution is 2.34. The molecule has 0 fully saturated rings. The van der Waals surface area contributed by atoms with Crippen molar-refractivity contribution in [1.29, 1.82) is 0 Å². The van der Waals surface area contributed by atoms with Gasteiger partial charge in [-0.05, 0) is 19.1 Å². The van der Waals surface area contributed by atoms with E-state index in [4.69, 9.17) is 14.6 Å². The van der Waals surface area contributed by atoms with Crippen molar-refractivity contribution in [2.75, 3.05) is 14.2 Å². The fourth-order valence-corrected chi connectivity index (χ4v) is 1.63. The minimum Gasteiger partial charge on any atom is -0.497 e. The Labute approximate surface area is 99.6 Å². The van der Waals surface area contributed by atoms with Gasteiger partial charge in [-0.15, -0.1) is 0 Å². The molecule has 0 spiro atoms. The average Bonchev–Trinajstić information content (AvgIpc) is 2.26. The molecule has 94 valence electrons. The number of carbonyl (C=O) groups is 1. The van der Waals surface area contributed by atoms with Gasteiger partial charge in [0.15, 0.2) is 0 Å². The van der Waals surface area contributed by atoms with Gasteiger partial charge < -0.3 is 19.7 Å². The molecular formula is C12H16O5. The molecule has 2 N–H and O–H groups in total. The van der Waals surface area contributed by atoms with Gasteiger partial charge in [-0.2, -0.15) is 0 Å². The first-order chi connectivity index (χ1) is 7.90. The maximum atomic E-state index is 10.7. The highest BCUT2D eigenvalue weighted by Gasteiger charge is 2.29. The van der Waals surface area contributed by atoms with Gasteiger partial charge in [-0.1, -0.05) is 0 Å². The third-order valence-corrected chi connectivity index (χ3v) is 2.48. The zero-order chi connectivity index (χ0) is 13.1. The Balaban J connectivity index is 3.16. The van der Waals surface area contributed by atoms with E-state index < -0.39 is 18.0 Å². The topological polar surface area (TPSA) is 76.0 Å². The summed E-state index contributed by atoms with van der Waals surface area (Å²) in [4.78, 5) is 10.7. The van der Waals surface area contributed by atoms with Crippen molar-refractivity contribution >= 4 is 5.97 Å². The lowest BCUT2D eigenvalue weighted by molar-refractivity contribution is -0.142. The van der Waals surface area contributed by atoms with E-state index in [1.54, 1.807) is 18.2 Å². The molecule has 17 heavy (non-hydrogen) atoms. The first-order valence-electron chi connectivity index (χ1n) is 5.07. The van der Waals surface area contributed by atoms with Crippen molar-refractivity contribution in [3.63, 3.8) is 0 Å². The van der Waals surface area contributed by atoms with Gasteiger partial charge in [0.25, 0.3) is 0 Å². The molecule has 1 rings (SSSR count). The molecule has 0 aliphatic carbocycles. The molecule has 1 aromatic rings. The molecule has 1 aromatic carbocycles. The summed E-state index contributed by atoms with van der Waals surface area (Å²) in [6.45, 7) is 1.44. The second-order valence-electron chi connectivity index (χ2n) is 3.91. The number of aliphatic carboxylic acids is 1. The first kappa shape index (κ1) is 13.3. The normalized spacial score (nSPS) is 13.9. The van der Waals surface area contributed by atoms with E-state index in [9.17, 15) is 9.90 Å². The third kappa shape index (κ3) is 3.10. The minimum atomic E-state index is -1.48. The zero-order valence-corrected chi connectivity index (χ0v) is 10.1. The minimum absolute atomic E-state index is 0.393. The number of hydrogen-bond acceptors (Lipinski definition) is 4. The third-order valence-electron chi connectivity index (χ3n) is 2.48. The number of ether oxygens (including phenoxy) is 2. The Morgan fingerprint density at radius 3 is 2.47 bits per heavy atom. The molecule has 0 aromatic heterocycles. The number of hydrogen-bond donors (Lipinski definition) is 2. The van der Waals surface area contributed by atoms with Crippen molar-refractivity contribution in [1.82, 2.24) is 0 Å². The summed E-state index contributed by atoms with van der Waals surface area (Å²) >= 11 is 0. The largest absolute Gasteiger partial charge is 0.497 e. The predicted octanol–water partition coefficient (Wildman–Crippen LogP) is 1.39. The van der Waals surface area contributed by atoms with Crippen molar-refractivity contribution in [3.8, 4) is 11.5 Å². The lowest BCUT2D eigenvalue weighted by Gasteiger charge is -2.24. The Bertz CT molecular complexity index is 411. The Kier molecular flexibility index (Phi) is 3.96. The van der Waals surface area contributed by atoms with Crippen LogP contribution in [0.15, 0.2) is 18.2 Å². The van der Waals surface area contributed by atoms with Crippen LogP contribution in [0.1, 0.15) is 18.9 Å². The first-order valence-corrected chi connectivity index (χ1v) is 5.07. The van der Waals surface area contributed by atoms with Gasteiger partial charge in [0, 0.05) is 11.6 Å². The van der Waals surface area contributed by atoms with Gasteiger partial charge >= 0.3 is 5.97 Å². The van der Waals surface area contributed by atoms with Crippen molar-refractivity contribution < 1.29 is 24.5 Å². The van der Waals surface area contributed by atoms with Crippen LogP contribution in [0.25, 0.3) is 0 Å². The molecule has 0 saturated carbocycles. The van der Waals surface area contributed by atoms with Gasteiger partial charge in [-0.3, -0.25) is 4.79 Å². The van der Waals surface area contributed by atoms with Crippen LogP contribution in [0.3, 0.4) is 0 Å². The molecule has 0 radical (unpaired) electrons. The van der Waals surface area contributed by atoms with E-state index in [-0.39, 0.29) is 0 Å². The smallest absolute Gasteiger partial charge is 0.306 e. The zero-order valence-electron chi connectivity index (χ0n) is 10.1. The van der Waals surface area contributed by atoms with E-state index in [2.05, 4.69) is 0 Å². The van der Waals surface area contributed by atoms with Crippen LogP contribution in [0.5, 0.6) is 11.5 Å². The van der Waals surface area contributed by atoms with Gasteiger partial charge in [0.1, 0.15) is 17.1 Å². The number of methoxy groups -OCH3 is 2. The predicted molar refractivity (Wildman–Crippen MR) is 61.4 cm³/mol. The number of carboxylic acid groups (broad SMARTS) is 1. The highest BCUT2D eigenvalue weighted by molar-refractivity contribution is 5.69. The molecule has 0 saturated heterocycles. The van der Waals surface area contributed by atoms with Crippen LogP contribution in [0, 0.1) is 0 Å². The molecule has 0 aliphatic heterocycles. The molecule has 5 heteroatoms. The van der Waals surface area contributed by atoms with E-state index >= 15 is 0 Å². The molecule has 0 bridgehead atoms. The Morgan fingerprint density at radius 1 is 1.35 bits per heavy atom. The quantitative estimate of drug-likeness (QED) is 0.813. The van der Waals surface area contributed by atoms with Crippen LogP contribution in [-0.4, -0.2) is 30.4 Å². The number of carboxylic acids is 1. The molecular weight excluding hydrogens is 224 g/mol. The summed E-state index contributed by atoms with van der Waals surface area (Å²) in [7, 11) is 2.97. The molecule has 0 aliphatic rings. The lowest BCUT2D eigenvalue weighted by Crippen LogP contribution is -2.25. The number of benzene rings is 1. The molecule has 1 unspecified atom stereocenters. The number of rotatable bonds is 5. The standard InChI is InChI=1S/C12H16O5/c1-12(15,7-11(13)14)9-5-4-8(16-2)6-10(9)17-3/h4-6,15H,7H2,1-3H3,(H,13,14). The van der Waals surface area contributed by atoms with Crippen molar-refractivity contribution in [2.24, 2.45) is 0 Å². The van der Waals surface area contributed by atoms with E-state index in [0.29, 0.717) is 17.1 Å². The summed E-state index contributed by atoms with van der Waals surface area (Å²) in [5.74, 6) is -0.0970.